The zero-order valence-corrected chi connectivity index (χ0v) is 17.9. The van der Waals surface area contributed by atoms with Gasteiger partial charge in [0.25, 0.3) is 5.91 Å². The largest absolute Gasteiger partial charge is 0.304 e. The van der Waals surface area contributed by atoms with Gasteiger partial charge in [-0.25, -0.2) is 18.7 Å². The van der Waals surface area contributed by atoms with Crippen molar-refractivity contribution >= 4 is 11.7 Å². The number of rotatable bonds is 3. The van der Waals surface area contributed by atoms with Crippen molar-refractivity contribution in [3.8, 4) is 5.69 Å². The van der Waals surface area contributed by atoms with Gasteiger partial charge in [0, 0.05) is 11.5 Å². The third-order valence-corrected chi connectivity index (χ3v) is 4.40. The van der Waals surface area contributed by atoms with Gasteiger partial charge in [0.15, 0.2) is 0 Å². The van der Waals surface area contributed by atoms with Crippen molar-refractivity contribution in [3.63, 3.8) is 0 Å². The number of nitrogens with zero attached hydrogens (tertiary/aromatic N) is 5. The molecule has 1 amide bonds. The van der Waals surface area contributed by atoms with E-state index in [1.165, 1.54) is 16.8 Å². The summed E-state index contributed by atoms with van der Waals surface area (Å²) < 4.78 is 16.5. The van der Waals surface area contributed by atoms with E-state index in [-0.39, 0.29) is 22.6 Å². The minimum Gasteiger partial charge on any atom is -0.304 e. The Morgan fingerprint density at radius 1 is 1.03 bits per heavy atom. The molecule has 3 rings (SSSR count). The number of nitrogens with one attached hydrogen (secondary N) is 1. The topological polar surface area (TPSA) is 77.6 Å². The first-order valence-corrected chi connectivity index (χ1v) is 9.48. The van der Waals surface area contributed by atoms with Crippen molar-refractivity contribution in [1.82, 2.24) is 24.5 Å². The van der Waals surface area contributed by atoms with E-state index in [4.69, 9.17) is 5.10 Å². The maximum atomic E-state index is 13.2. The zero-order chi connectivity index (χ0) is 21.6. The highest BCUT2D eigenvalue weighted by Crippen LogP contribution is 2.28. The Labute approximate surface area is 170 Å². The van der Waals surface area contributed by atoms with Crippen LogP contribution in [0, 0.1) is 12.7 Å². The van der Waals surface area contributed by atoms with Gasteiger partial charge in [-0.2, -0.15) is 5.10 Å². The summed E-state index contributed by atoms with van der Waals surface area (Å²) in [6, 6.07) is 7.73. The molecular formula is C21H27FN6O. The average molecular weight is 398 g/mol. The van der Waals surface area contributed by atoms with Gasteiger partial charge in [-0.05, 0) is 52.0 Å². The quantitative estimate of drug-likeness (QED) is 0.717. The second-order valence-corrected chi connectivity index (χ2v) is 9.07. The average Bonchev–Trinajstić information content (AvgIpc) is 3.19. The van der Waals surface area contributed by atoms with E-state index in [0.717, 1.165) is 5.69 Å². The van der Waals surface area contributed by atoms with Crippen LogP contribution in [-0.2, 0) is 11.0 Å². The van der Waals surface area contributed by atoms with Gasteiger partial charge in [0.2, 0.25) is 5.82 Å². The molecule has 0 spiro atoms. The van der Waals surface area contributed by atoms with Crippen LogP contribution in [0.2, 0.25) is 0 Å². The first-order valence-electron chi connectivity index (χ1n) is 9.48. The molecule has 0 fully saturated rings. The summed E-state index contributed by atoms with van der Waals surface area (Å²) in [6.07, 6.45) is 0. The van der Waals surface area contributed by atoms with E-state index in [1.807, 2.05) is 26.8 Å². The molecule has 0 aliphatic heterocycles. The third kappa shape index (κ3) is 4.36. The highest BCUT2D eigenvalue weighted by molar-refractivity contribution is 6.01. The van der Waals surface area contributed by atoms with E-state index < -0.39 is 5.91 Å². The molecule has 0 saturated carbocycles. The second kappa shape index (κ2) is 7.09. The Morgan fingerprint density at radius 3 is 2.21 bits per heavy atom. The third-order valence-electron chi connectivity index (χ3n) is 4.40. The van der Waals surface area contributed by atoms with E-state index in [9.17, 15) is 9.18 Å². The standard InChI is InChI=1S/C21H27FN6O/c1-13-23-18(26-27(13)15-10-8-14(22)9-11-15)19(29)24-17-12-16(20(2,3)4)25-28(17)21(5,6)7/h8-12H,1-7H3,(H,24,29). The lowest BCUT2D eigenvalue weighted by molar-refractivity contribution is 0.101. The summed E-state index contributed by atoms with van der Waals surface area (Å²) in [5, 5.41) is 11.9. The highest BCUT2D eigenvalue weighted by Gasteiger charge is 2.27. The number of carbonyl (C=O) groups excluding carboxylic acids is 1. The van der Waals surface area contributed by atoms with Crippen molar-refractivity contribution in [1.29, 1.82) is 0 Å². The van der Waals surface area contributed by atoms with Gasteiger partial charge in [-0.15, -0.1) is 5.10 Å². The number of carbonyl (C=O) groups is 1. The summed E-state index contributed by atoms with van der Waals surface area (Å²) in [7, 11) is 0. The summed E-state index contributed by atoms with van der Waals surface area (Å²) in [4.78, 5) is 17.1. The van der Waals surface area contributed by atoms with Gasteiger partial charge in [0.1, 0.15) is 17.5 Å². The predicted molar refractivity (Wildman–Crippen MR) is 110 cm³/mol. The van der Waals surface area contributed by atoms with Gasteiger partial charge in [-0.3, -0.25) is 4.79 Å². The van der Waals surface area contributed by atoms with Crippen LogP contribution in [0.25, 0.3) is 5.69 Å². The minimum absolute atomic E-state index is 0.0331. The van der Waals surface area contributed by atoms with E-state index in [1.54, 1.807) is 23.7 Å². The molecule has 8 heteroatoms. The Morgan fingerprint density at radius 2 is 1.66 bits per heavy atom. The van der Waals surface area contributed by atoms with Gasteiger partial charge >= 0.3 is 0 Å². The molecule has 3 aromatic rings. The molecule has 1 N–H and O–H groups in total. The lowest BCUT2D eigenvalue weighted by Gasteiger charge is -2.22. The molecule has 154 valence electrons. The van der Waals surface area contributed by atoms with Gasteiger partial charge in [0.05, 0.1) is 16.9 Å². The number of anilines is 1. The predicted octanol–water partition coefficient (Wildman–Crippen LogP) is 4.22. The second-order valence-electron chi connectivity index (χ2n) is 9.07. The van der Waals surface area contributed by atoms with Gasteiger partial charge < -0.3 is 5.32 Å². The molecule has 2 heterocycles. The number of benzene rings is 1. The zero-order valence-electron chi connectivity index (χ0n) is 17.9. The van der Waals surface area contributed by atoms with Crippen molar-refractivity contribution < 1.29 is 9.18 Å². The molecule has 2 aromatic heterocycles. The Bertz CT molecular complexity index is 1030. The molecule has 29 heavy (non-hydrogen) atoms. The Hall–Kier alpha value is -3.03. The molecule has 0 bridgehead atoms. The SMILES string of the molecule is Cc1nc(C(=O)Nc2cc(C(C)(C)C)nn2C(C)(C)C)nn1-c1ccc(F)cc1. The van der Waals surface area contributed by atoms with Crippen molar-refractivity contribution in [3.05, 3.63) is 53.5 Å². The molecular weight excluding hydrogens is 371 g/mol. The lowest BCUT2D eigenvalue weighted by atomic mass is 9.92. The van der Waals surface area contributed by atoms with Crippen LogP contribution in [0.5, 0.6) is 0 Å². The number of amides is 1. The van der Waals surface area contributed by atoms with Crippen molar-refractivity contribution in [2.45, 2.75) is 59.4 Å². The number of aryl methyl sites for hydroxylation is 1. The summed E-state index contributed by atoms with van der Waals surface area (Å²) >= 11 is 0. The molecule has 1 aromatic carbocycles. The number of hydrogen-bond acceptors (Lipinski definition) is 4. The molecule has 0 unspecified atom stereocenters. The maximum absolute atomic E-state index is 13.2. The molecule has 0 aliphatic carbocycles. The summed E-state index contributed by atoms with van der Waals surface area (Å²) in [6.45, 7) is 14.0. The first-order chi connectivity index (χ1) is 13.4. The number of aromatic nitrogens is 5. The summed E-state index contributed by atoms with van der Waals surface area (Å²) in [5.74, 6) is 0.380. The fourth-order valence-electron chi connectivity index (χ4n) is 2.83. The van der Waals surface area contributed by atoms with E-state index in [0.29, 0.717) is 17.3 Å². The van der Waals surface area contributed by atoms with Crippen molar-refractivity contribution in [2.75, 3.05) is 5.32 Å². The molecule has 0 atom stereocenters. The van der Waals surface area contributed by atoms with Crippen LogP contribution in [0.3, 0.4) is 0 Å². The molecule has 0 saturated heterocycles. The first kappa shape index (κ1) is 20.7. The Kier molecular flexibility index (Phi) is 5.06. The lowest BCUT2D eigenvalue weighted by Crippen LogP contribution is -2.27. The monoisotopic (exact) mass is 398 g/mol. The normalized spacial score (nSPS) is 12.3. The van der Waals surface area contributed by atoms with Crippen molar-refractivity contribution in [2.24, 2.45) is 0 Å². The molecule has 7 nitrogen and oxygen atoms in total. The smallest absolute Gasteiger partial charge is 0.296 e. The molecule has 0 aliphatic rings. The number of hydrogen-bond donors (Lipinski definition) is 1. The fourth-order valence-corrected chi connectivity index (χ4v) is 2.83. The fraction of sp³-hybridized carbons (Fsp3) is 0.429. The van der Waals surface area contributed by atoms with E-state index in [2.05, 4.69) is 36.2 Å². The highest BCUT2D eigenvalue weighted by atomic mass is 19.1. The van der Waals surface area contributed by atoms with Crippen LogP contribution >= 0.6 is 0 Å². The maximum Gasteiger partial charge on any atom is 0.296 e. The number of halogens is 1. The summed E-state index contributed by atoms with van der Waals surface area (Å²) in [5.41, 5.74) is 1.03. The van der Waals surface area contributed by atoms with E-state index >= 15 is 0 Å². The Balaban J connectivity index is 1.92. The van der Waals surface area contributed by atoms with Crippen LogP contribution in [0.15, 0.2) is 30.3 Å². The van der Waals surface area contributed by atoms with Crippen LogP contribution in [0.4, 0.5) is 10.2 Å². The van der Waals surface area contributed by atoms with Crippen LogP contribution < -0.4 is 5.32 Å². The van der Waals surface area contributed by atoms with Crippen LogP contribution in [-0.4, -0.2) is 30.5 Å². The minimum atomic E-state index is -0.431. The van der Waals surface area contributed by atoms with Crippen LogP contribution in [0.1, 0.15) is 63.7 Å². The van der Waals surface area contributed by atoms with Gasteiger partial charge in [-0.1, -0.05) is 20.8 Å². The molecule has 0 radical (unpaired) electrons.